The standard InChI is InChI=1S/C18H18ClN5/c1-12-4-3-5-14(8-12)10-20-17-11-21-24-18(23-17)22-15-7-6-13(2)16(19)9-15/h3-9,11H,10H2,1-2H3,(H2,20,22,23,24). The normalized spacial score (nSPS) is 10.5. The third-order valence-electron chi connectivity index (χ3n) is 3.54. The summed E-state index contributed by atoms with van der Waals surface area (Å²) in [6.07, 6.45) is 1.60. The number of nitrogens with one attached hydrogen (secondary N) is 2. The van der Waals surface area contributed by atoms with E-state index in [1.54, 1.807) is 6.20 Å². The van der Waals surface area contributed by atoms with Crippen LogP contribution in [0.3, 0.4) is 0 Å². The van der Waals surface area contributed by atoms with Crippen LogP contribution in [0.2, 0.25) is 5.02 Å². The Bertz CT molecular complexity index is 850. The van der Waals surface area contributed by atoms with Crippen molar-refractivity contribution in [2.75, 3.05) is 10.6 Å². The molecule has 6 heteroatoms. The highest BCUT2D eigenvalue weighted by Crippen LogP contribution is 2.22. The van der Waals surface area contributed by atoms with Gasteiger partial charge in [0.15, 0.2) is 5.82 Å². The number of hydrogen-bond donors (Lipinski definition) is 2. The van der Waals surface area contributed by atoms with Crippen LogP contribution in [0.4, 0.5) is 17.5 Å². The Balaban J connectivity index is 1.68. The molecule has 0 fully saturated rings. The fourth-order valence-electron chi connectivity index (χ4n) is 2.26. The van der Waals surface area contributed by atoms with Crippen molar-refractivity contribution in [3.63, 3.8) is 0 Å². The van der Waals surface area contributed by atoms with Crippen molar-refractivity contribution in [3.05, 3.63) is 70.4 Å². The average molecular weight is 340 g/mol. The lowest BCUT2D eigenvalue weighted by molar-refractivity contribution is 0.965. The highest BCUT2D eigenvalue weighted by Gasteiger charge is 2.03. The average Bonchev–Trinajstić information content (AvgIpc) is 2.57. The zero-order chi connectivity index (χ0) is 16.9. The van der Waals surface area contributed by atoms with Crippen LogP contribution in [0.15, 0.2) is 48.7 Å². The first-order valence-corrected chi connectivity index (χ1v) is 8.00. The lowest BCUT2D eigenvalue weighted by Crippen LogP contribution is -2.05. The number of hydrogen-bond acceptors (Lipinski definition) is 5. The van der Waals surface area contributed by atoms with Gasteiger partial charge in [0.25, 0.3) is 0 Å². The molecule has 1 aromatic heterocycles. The van der Waals surface area contributed by atoms with E-state index in [2.05, 4.69) is 50.9 Å². The van der Waals surface area contributed by atoms with E-state index >= 15 is 0 Å². The minimum atomic E-state index is 0.421. The zero-order valence-electron chi connectivity index (χ0n) is 13.5. The second-order valence-electron chi connectivity index (χ2n) is 5.60. The van der Waals surface area contributed by atoms with Gasteiger partial charge in [0.2, 0.25) is 5.95 Å². The monoisotopic (exact) mass is 339 g/mol. The van der Waals surface area contributed by atoms with Gasteiger partial charge in [-0.15, -0.1) is 5.10 Å². The molecule has 0 saturated heterocycles. The maximum atomic E-state index is 6.13. The van der Waals surface area contributed by atoms with Gasteiger partial charge in [-0.1, -0.05) is 47.5 Å². The molecule has 0 aliphatic carbocycles. The first-order valence-electron chi connectivity index (χ1n) is 7.62. The number of benzene rings is 2. The molecular formula is C18H18ClN5. The Morgan fingerprint density at radius 1 is 1.08 bits per heavy atom. The fourth-order valence-corrected chi connectivity index (χ4v) is 2.44. The van der Waals surface area contributed by atoms with Gasteiger partial charge in [0.1, 0.15) is 0 Å². The minimum Gasteiger partial charge on any atom is -0.365 e. The molecule has 0 aliphatic heterocycles. The molecule has 0 spiro atoms. The van der Waals surface area contributed by atoms with Gasteiger partial charge in [-0.05, 0) is 37.1 Å². The van der Waals surface area contributed by atoms with E-state index < -0.39 is 0 Å². The zero-order valence-corrected chi connectivity index (χ0v) is 14.3. The molecule has 0 radical (unpaired) electrons. The summed E-state index contributed by atoms with van der Waals surface area (Å²) in [6, 6.07) is 14.0. The van der Waals surface area contributed by atoms with E-state index in [0.717, 1.165) is 11.3 Å². The minimum absolute atomic E-state index is 0.421. The molecule has 0 aliphatic rings. The molecule has 1 heterocycles. The summed E-state index contributed by atoms with van der Waals surface area (Å²) in [7, 11) is 0. The first-order chi connectivity index (χ1) is 11.6. The number of nitrogens with zero attached hydrogens (tertiary/aromatic N) is 3. The van der Waals surface area contributed by atoms with Gasteiger partial charge >= 0.3 is 0 Å². The molecule has 24 heavy (non-hydrogen) atoms. The Morgan fingerprint density at radius 3 is 2.75 bits per heavy atom. The smallest absolute Gasteiger partial charge is 0.249 e. The summed E-state index contributed by atoms with van der Waals surface area (Å²) in [5.74, 6) is 1.08. The molecule has 5 nitrogen and oxygen atoms in total. The van der Waals surface area contributed by atoms with Gasteiger partial charge in [-0.3, -0.25) is 0 Å². The van der Waals surface area contributed by atoms with Crippen LogP contribution < -0.4 is 10.6 Å². The second-order valence-corrected chi connectivity index (χ2v) is 6.00. The predicted molar refractivity (Wildman–Crippen MR) is 97.8 cm³/mol. The lowest BCUT2D eigenvalue weighted by atomic mass is 10.1. The van der Waals surface area contributed by atoms with Gasteiger partial charge in [0.05, 0.1) is 6.20 Å². The number of aryl methyl sites for hydroxylation is 2. The third kappa shape index (κ3) is 4.20. The maximum absolute atomic E-state index is 6.13. The molecule has 0 unspecified atom stereocenters. The molecule has 122 valence electrons. The summed E-state index contributed by atoms with van der Waals surface area (Å²) in [5.41, 5.74) is 4.26. The summed E-state index contributed by atoms with van der Waals surface area (Å²) in [6.45, 7) is 4.71. The second kappa shape index (κ2) is 7.27. The highest BCUT2D eigenvalue weighted by atomic mass is 35.5. The molecule has 0 saturated carbocycles. The van der Waals surface area contributed by atoms with E-state index in [4.69, 9.17) is 11.6 Å². The van der Waals surface area contributed by atoms with E-state index in [-0.39, 0.29) is 0 Å². The largest absolute Gasteiger partial charge is 0.365 e. The van der Waals surface area contributed by atoms with Crippen LogP contribution in [0, 0.1) is 13.8 Å². The third-order valence-corrected chi connectivity index (χ3v) is 3.95. The molecule has 3 rings (SSSR count). The van der Waals surface area contributed by atoms with Crippen LogP contribution in [0.1, 0.15) is 16.7 Å². The van der Waals surface area contributed by atoms with Gasteiger partial charge < -0.3 is 10.6 Å². The Morgan fingerprint density at radius 2 is 1.96 bits per heavy atom. The SMILES string of the molecule is Cc1cccc(CNc2cnnc(Nc3ccc(C)c(Cl)c3)n2)c1. The van der Waals surface area contributed by atoms with Crippen LogP contribution in [0.25, 0.3) is 0 Å². The van der Waals surface area contributed by atoms with E-state index in [9.17, 15) is 0 Å². The summed E-state index contributed by atoms with van der Waals surface area (Å²) in [4.78, 5) is 4.42. The molecule has 0 amide bonds. The maximum Gasteiger partial charge on any atom is 0.249 e. The van der Waals surface area contributed by atoms with Crippen LogP contribution in [-0.4, -0.2) is 15.2 Å². The van der Waals surface area contributed by atoms with E-state index in [1.165, 1.54) is 11.1 Å². The van der Waals surface area contributed by atoms with Crippen molar-refractivity contribution in [3.8, 4) is 0 Å². The van der Waals surface area contributed by atoms with Crippen molar-refractivity contribution in [1.82, 2.24) is 15.2 Å². The van der Waals surface area contributed by atoms with Gasteiger partial charge in [-0.2, -0.15) is 10.1 Å². The van der Waals surface area contributed by atoms with Gasteiger partial charge in [-0.25, -0.2) is 0 Å². The van der Waals surface area contributed by atoms with Crippen molar-refractivity contribution in [2.24, 2.45) is 0 Å². The van der Waals surface area contributed by atoms with Crippen molar-refractivity contribution >= 4 is 29.1 Å². The predicted octanol–water partition coefficient (Wildman–Crippen LogP) is 4.50. The molecule has 0 atom stereocenters. The Labute approximate surface area is 146 Å². The number of halogens is 1. The molecule has 3 aromatic rings. The van der Waals surface area contributed by atoms with Crippen molar-refractivity contribution < 1.29 is 0 Å². The van der Waals surface area contributed by atoms with Crippen LogP contribution in [0.5, 0.6) is 0 Å². The first kappa shape index (κ1) is 16.2. The van der Waals surface area contributed by atoms with Crippen LogP contribution in [-0.2, 0) is 6.54 Å². The Kier molecular flexibility index (Phi) is 4.91. The number of rotatable bonds is 5. The van der Waals surface area contributed by atoms with Crippen LogP contribution >= 0.6 is 11.6 Å². The summed E-state index contributed by atoms with van der Waals surface area (Å²) >= 11 is 6.13. The summed E-state index contributed by atoms with van der Waals surface area (Å²) < 4.78 is 0. The molecule has 2 N–H and O–H groups in total. The quantitative estimate of drug-likeness (QED) is 0.716. The van der Waals surface area contributed by atoms with Crippen molar-refractivity contribution in [1.29, 1.82) is 0 Å². The topological polar surface area (TPSA) is 62.7 Å². The van der Waals surface area contributed by atoms with Crippen molar-refractivity contribution in [2.45, 2.75) is 20.4 Å². The number of anilines is 3. The Hall–Kier alpha value is -2.66. The highest BCUT2D eigenvalue weighted by molar-refractivity contribution is 6.31. The summed E-state index contributed by atoms with van der Waals surface area (Å²) in [5, 5.41) is 15.0. The lowest BCUT2D eigenvalue weighted by Gasteiger charge is -2.09. The molecule has 2 aromatic carbocycles. The molecule has 0 bridgehead atoms. The fraction of sp³-hybridized carbons (Fsp3) is 0.167. The van der Waals surface area contributed by atoms with Gasteiger partial charge in [0, 0.05) is 17.3 Å². The van der Waals surface area contributed by atoms with E-state index in [0.29, 0.717) is 23.3 Å². The number of aromatic nitrogens is 3. The van der Waals surface area contributed by atoms with E-state index in [1.807, 2.05) is 31.2 Å². The molecular weight excluding hydrogens is 322 g/mol.